The van der Waals surface area contributed by atoms with Gasteiger partial charge in [-0.05, 0) is 17.7 Å². The molecule has 1 atom stereocenters. The number of rotatable bonds is 5. The summed E-state index contributed by atoms with van der Waals surface area (Å²) in [5, 5.41) is 2.80. The summed E-state index contributed by atoms with van der Waals surface area (Å²) < 4.78 is 10.4. The second kappa shape index (κ2) is 7.79. The van der Waals surface area contributed by atoms with Crippen LogP contribution in [0.1, 0.15) is 16.1 Å². The molecule has 3 rings (SSSR count). The van der Waals surface area contributed by atoms with Crippen LogP contribution in [0, 0.1) is 0 Å². The Morgan fingerprint density at radius 2 is 1.83 bits per heavy atom. The minimum Gasteiger partial charge on any atom is -0.459 e. The van der Waals surface area contributed by atoms with Crippen LogP contribution in [0.5, 0.6) is 0 Å². The smallest absolute Gasteiger partial charge is 0.287 e. The lowest BCUT2D eigenvalue weighted by molar-refractivity contribution is -0.137. The van der Waals surface area contributed by atoms with Crippen molar-refractivity contribution in [1.29, 1.82) is 0 Å². The molecular formula is C18H20N2O4. The maximum atomic E-state index is 12.8. The highest BCUT2D eigenvalue weighted by Gasteiger charge is 2.28. The monoisotopic (exact) mass is 328 g/mol. The average molecular weight is 328 g/mol. The zero-order valence-corrected chi connectivity index (χ0v) is 13.3. The zero-order chi connectivity index (χ0) is 16.8. The van der Waals surface area contributed by atoms with Gasteiger partial charge in [0.25, 0.3) is 5.91 Å². The molecule has 1 fully saturated rings. The zero-order valence-electron chi connectivity index (χ0n) is 13.3. The molecule has 24 heavy (non-hydrogen) atoms. The molecule has 2 heterocycles. The molecule has 0 saturated carbocycles. The average Bonchev–Trinajstić information content (AvgIpc) is 3.17. The molecule has 1 saturated heterocycles. The summed E-state index contributed by atoms with van der Waals surface area (Å²) in [7, 11) is 0. The van der Waals surface area contributed by atoms with E-state index in [9.17, 15) is 9.59 Å². The van der Waals surface area contributed by atoms with Crippen LogP contribution in [0.4, 0.5) is 0 Å². The second-order valence-corrected chi connectivity index (χ2v) is 5.63. The van der Waals surface area contributed by atoms with Crippen LogP contribution in [-0.4, -0.2) is 49.1 Å². The predicted molar refractivity (Wildman–Crippen MR) is 87.5 cm³/mol. The van der Waals surface area contributed by atoms with Gasteiger partial charge < -0.3 is 19.4 Å². The number of hydrogen-bond acceptors (Lipinski definition) is 4. The van der Waals surface area contributed by atoms with Crippen LogP contribution >= 0.6 is 0 Å². The third kappa shape index (κ3) is 4.02. The molecule has 6 heteroatoms. The van der Waals surface area contributed by atoms with E-state index in [2.05, 4.69) is 5.32 Å². The first kappa shape index (κ1) is 16.3. The highest BCUT2D eigenvalue weighted by atomic mass is 16.5. The topological polar surface area (TPSA) is 71.8 Å². The number of carbonyl (C=O) groups excluding carboxylic acids is 2. The lowest BCUT2D eigenvalue weighted by Gasteiger charge is -2.30. The van der Waals surface area contributed by atoms with E-state index in [1.54, 1.807) is 17.0 Å². The van der Waals surface area contributed by atoms with Crippen LogP contribution in [-0.2, 0) is 16.0 Å². The number of hydrogen-bond donors (Lipinski definition) is 1. The van der Waals surface area contributed by atoms with Crippen molar-refractivity contribution >= 4 is 11.8 Å². The number of nitrogens with one attached hydrogen (secondary N) is 1. The van der Waals surface area contributed by atoms with Gasteiger partial charge in [-0.3, -0.25) is 9.59 Å². The molecule has 2 amide bonds. The van der Waals surface area contributed by atoms with Crippen LogP contribution in [0.25, 0.3) is 0 Å². The summed E-state index contributed by atoms with van der Waals surface area (Å²) in [6.45, 7) is 2.13. The molecule has 1 aromatic heterocycles. The summed E-state index contributed by atoms with van der Waals surface area (Å²) in [5.41, 5.74) is 0.990. The molecule has 1 aliphatic rings. The van der Waals surface area contributed by atoms with Crippen molar-refractivity contribution < 1.29 is 18.7 Å². The predicted octanol–water partition coefficient (Wildman–Crippen LogP) is 1.48. The molecule has 0 radical (unpaired) electrons. The summed E-state index contributed by atoms with van der Waals surface area (Å²) in [6.07, 6.45) is 1.87. The molecule has 126 valence electrons. The van der Waals surface area contributed by atoms with Crippen LogP contribution in [0.3, 0.4) is 0 Å². The Bertz CT molecular complexity index is 664. The number of nitrogens with zero attached hydrogens (tertiary/aromatic N) is 1. The van der Waals surface area contributed by atoms with Gasteiger partial charge in [-0.1, -0.05) is 30.3 Å². The van der Waals surface area contributed by atoms with Gasteiger partial charge in [0, 0.05) is 19.5 Å². The summed E-state index contributed by atoms with van der Waals surface area (Å²) in [4.78, 5) is 26.9. The van der Waals surface area contributed by atoms with Crippen molar-refractivity contribution in [3.05, 3.63) is 60.1 Å². The standard InChI is InChI=1S/C18H20N2O4/c21-17(16-7-4-10-24-16)19-15(13-14-5-2-1-3-6-14)18(22)20-8-11-23-12-9-20/h1-7,10,15H,8-9,11-13H2,(H,19,21)/t15-/m0/s1. The van der Waals surface area contributed by atoms with Crippen LogP contribution in [0.2, 0.25) is 0 Å². The Morgan fingerprint density at radius 3 is 2.50 bits per heavy atom. The van der Waals surface area contributed by atoms with E-state index < -0.39 is 6.04 Å². The fourth-order valence-electron chi connectivity index (χ4n) is 2.69. The van der Waals surface area contributed by atoms with E-state index in [-0.39, 0.29) is 17.6 Å². The van der Waals surface area contributed by atoms with Crippen molar-refractivity contribution in [2.45, 2.75) is 12.5 Å². The first-order valence-electron chi connectivity index (χ1n) is 7.99. The third-order valence-electron chi connectivity index (χ3n) is 3.95. The first-order valence-corrected chi connectivity index (χ1v) is 7.99. The Balaban J connectivity index is 1.74. The molecule has 0 spiro atoms. The number of benzene rings is 1. The van der Waals surface area contributed by atoms with E-state index in [1.807, 2.05) is 30.3 Å². The number of amides is 2. The third-order valence-corrected chi connectivity index (χ3v) is 3.95. The number of furan rings is 1. The van der Waals surface area contributed by atoms with Crippen LogP contribution in [0.15, 0.2) is 53.1 Å². The number of ether oxygens (including phenoxy) is 1. The molecule has 6 nitrogen and oxygen atoms in total. The molecule has 0 aliphatic carbocycles. The van der Waals surface area contributed by atoms with Gasteiger partial charge >= 0.3 is 0 Å². The Kier molecular flexibility index (Phi) is 5.28. The Hall–Kier alpha value is -2.60. The molecule has 0 unspecified atom stereocenters. The highest BCUT2D eigenvalue weighted by molar-refractivity contribution is 5.95. The van der Waals surface area contributed by atoms with Crippen molar-refractivity contribution in [3.63, 3.8) is 0 Å². The molecular weight excluding hydrogens is 308 g/mol. The maximum Gasteiger partial charge on any atom is 0.287 e. The minimum absolute atomic E-state index is 0.0953. The highest BCUT2D eigenvalue weighted by Crippen LogP contribution is 2.09. The van der Waals surface area contributed by atoms with Gasteiger partial charge in [0.2, 0.25) is 5.91 Å². The van der Waals surface area contributed by atoms with E-state index >= 15 is 0 Å². The normalized spacial score (nSPS) is 15.8. The number of morpholine rings is 1. The van der Waals surface area contributed by atoms with Gasteiger partial charge in [-0.25, -0.2) is 0 Å². The molecule has 1 N–H and O–H groups in total. The van der Waals surface area contributed by atoms with Gasteiger partial charge in [-0.2, -0.15) is 0 Å². The van der Waals surface area contributed by atoms with E-state index in [1.165, 1.54) is 6.26 Å². The van der Waals surface area contributed by atoms with Gasteiger partial charge in [-0.15, -0.1) is 0 Å². The maximum absolute atomic E-state index is 12.8. The first-order chi connectivity index (χ1) is 11.7. The summed E-state index contributed by atoms with van der Waals surface area (Å²) in [5.74, 6) is -0.285. The lowest BCUT2D eigenvalue weighted by Crippen LogP contribution is -2.52. The quantitative estimate of drug-likeness (QED) is 0.902. The summed E-state index contributed by atoms with van der Waals surface area (Å²) in [6, 6.07) is 12.2. The van der Waals surface area contributed by atoms with E-state index in [0.29, 0.717) is 32.7 Å². The SMILES string of the molecule is O=C(N[C@@H](Cc1ccccc1)C(=O)N1CCOCC1)c1ccco1. The fourth-order valence-corrected chi connectivity index (χ4v) is 2.69. The number of carbonyl (C=O) groups is 2. The Labute approximate surface area is 140 Å². The van der Waals surface area contributed by atoms with Gasteiger partial charge in [0.05, 0.1) is 19.5 Å². The molecule has 0 bridgehead atoms. The molecule has 1 aromatic carbocycles. The van der Waals surface area contributed by atoms with Crippen molar-refractivity contribution in [1.82, 2.24) is 10.2 Å². The largest absolute Gasteiger partial charge is 0.459 e. The van der Waals surface area contributed by atoms with Gasteiger partial charge in [0.15, 0.2) is 5.76 Å². The molecule has 2 aromatic rings. The van der Waals surface area contributed by atoms with E-state index in [0.717, 1.165) is 5.56 Å². The minimum atomic E-state index is -0.636. The summed E-state index contributed by atoms with van der Waals surface area (Å²) >= 11 is 0. The second-order valence-electron chi connectivity index (χ2n) is 5.63. The Morgan fingerprint density at radius 1 is 1.08 bits per heavy atom. The van der Waals surface area contributed by atoms with Crippen molar-refractivity contribution in [3.8, 4) is 0 Å². The van der Waals surface area contributed by atoms with E-state index in [4.69, 9.17) is 9.15 Å². The van der Waals surface area contributed by atoms with Crippen LogP contribution < -0.4 is 5.32 Å². The lowest BCUT2D eigenvalue weighted by atomic mass is 10.0. The fraction of sp³-hybridized carbons (Fsp3) is 0.333. The molecule has 1 aliphatic heterocycles. The van der Waals surface area contributed by atoms with Gasteiger partial charge in [0.1, 0.15) is 6.04 Å². The van der Waals surface area contributed by atoms with Crippen molar-refractivity contribution in [2.24, 2.45) is 0 Å². The van der Waals surface area contributed by atoms with Crippen molar-refractivity contribution in [2.75, 3.05) is 26.3 Å².